The summed E-state index contributed by atoms with van der Waals surface area (Å²) in [6.07, 6.45) is 6.12. The normalized spacial score (nSPS) is 23.4. The molecule has 2 rings (SSSR count). The predicted octanol–water partition coefficient (Wildman–Crippen LogP) is 3.86. The molecule has 1 aliphatic rings. The minimum atomic E-state index is 0.648. The van der Waals surface area contributed by atoms with Crippen LogP contribution < -0.4 is 10.6 Å². The highest BCUT2D eigenvalue weighted by Crippen LogP contribution is 2.31. The van der Waals surface area contributed by atoms with Gasteiger partial charge in [-0.05, 0) is 62.3 Å². The topological polar surface area (TPSA) is 29.3 Å². The first-order valence-electron chi connectivity index (χ1n) is 7.33. The maximum Gasteiger partial charge on any atom is 0.0459 e. The second-order valence-electron chi connectivity index (χ2n) is 5.84. The van der Waals surface area contributed by atoms with Crippen molar-refractivity contribution >= 4 is 17.3 Å². The number of benzene rings is 1. The van der Waals surface area contributed by atoms with Gasteiger partial charge in [-0.25, -0.2) is 0 Å². The van der Waals surface area contributed by atoms with E-state index in [1.165, 1.54) is 31.4 Å². The number of hydrogen-bond acceptors (Lipinski definition) is 2. The van der Waals surface area contributed by atoms with E-state index in [4.69, 9.17) is 17.3 Å². The van der Waals surface area contributed by atoms with Crippen LogP contribution in [0.25, 0.3) is 0 Å². The van der Waals surface area contributed by atoms with E-state index >= 15 is 0 Å². The average Bonchev–Trinajstić information content (AvgIpc) is 2.41. The lowest BCUT2D eigenvalue weighted by Crippen LogP contribution is -2.34. The van der Waals surface area contributed by atoms with Crippen molar-refractivity contribution in [1.29, 1.82) is 0 Å². The standard InChI is InChI=1S/C16H25ClN2/c1-12-3-6-14(7-4-12)19(2)15-8-5-13(9-10-18)16(17)11-15/h5,8,11-12,14H,3-4,6-7,9-10,18H2,1-2H3. The first-order valence-corrected chi connectivity index (χ1v) is 7.71. The number of rotatable bonds is 4. The summed E-state index contributed by atoms with van der Waals surface area (Å²) >= 11 is 6.33. The molecule has 0 saturated heterocycles. The first-order chi connectivity index (χ1) is 9.11. The van der Waals surface area contributed by atoms with E-state index in [0.717, 1.165) is 22.9 Å². The second kappa shape index (κ2) is 6.62. The molecule has 19 heavy (non-hydrogen) atoms. The van der Waals surface area contributed by atoms with Gasteiger partial charge in [0.1, 0.15) is 0 Å². The van der Waals surface area contributed by atoms with Gasteiger partial charge in [-0.3, -0.25) is 0 Å². The van der Waals surface area contributed by atoms with Crippen molar-refractivity contribution < 1.29 is 0 Å². The van der Waals surface area contributed by atoms with Gasteiger partial charge in [0.05, 0.1) is 0 Å². The number of nitrogens with two attached hydrogens (primary N) is 1. The van der Waals surface area contributed by atoms with Crippen molar-refractivity contribution in [2.45, 2.75) is 45.1 Å². The van der Waals surface area contributed by atoms with Gasteiger partial charge in [-0.1, -0.05) is 24.6 Å². The molecule has 0 bridgehead atoms. The molecule has 3 heteroatoms. The fraction of sp³-hybridized carbons (Fsp3) is 0.625. The highest BCUT2D eigenvalue weighted by molar-refractivity contribution is 6.31. The molecule has 0 aromatic heterocycles. The van der Waals surface area contributed by atoms with Gasteiger partial charge in [0.25, 0.3) is 0 Å². The second-order valence-corrected chi connectivity index (χ2v) is 6.25. The van der Waals surface area contributed by atoms with E-state index in [2.05, 4.69) is 37.1 Å². The Morgan fingerprint density at radius 3 is 2.53 bits per heavy atom. The van der Waals surface area contributed by atoms with Gasteiger partial charge >= 0.3 is 0 Å². The summed E-state index contributed by atoms with van der Waals surface area (Å²) in [6, 6.07) is 7.04. The average molecular weight is 281 g/mol. The van der Waals surface area contributed by atoms with Gasteiger partial charge in [0.2, 0.25) is 0 Å². The molecule has 0 spiro atoms. The Hall–Kier alpha value is -0.730. The fourth-order valence-corrected chi connectivity index (χ4v) is 3.22. The summed E-state index contributed by atoms with van der Waals surface area (Å²) in [6.45, 7) is 3.00. The summed E-state index contributed by atoms with van der Waals surface area (Å²) in [5, 5.41) is 0.846. The van der Waals surface area contributed by atoms with Crippen molar-refractivity contribution in [3.63, 3.8) is 0 Å². The quantitative estimate of drug-likeness (QED) is 0.907. The predicted molar refractivity (Wildman–Crippen MR) is 84.0 cm³/mol. The summed E-state index contributed by atoms with van der Waals surface area (Å²) in [7, 11) is 2.19. The highest BCUT2D eigenvalue weighted by atomic mass is 35.5. The molecular formula is C16H25ClN2. The molecule has 106 valence electrons. The Labute approximate surface area is 121 Å². The lowest BCUT2D eigenvalue weighted by molar-refractivity contribution is 0.341. The zero-order chi connectivity index (χ0) is 13.8. The molecule has 0 aliphatic heterocycles. The Bertz CT molecular complexity index is 411. The lowest BCUT2D eigenvalue weighted by atomic mass is 9.86. The Morgan fingerprint density at radius 1 is 1.26 bits per heavy atom. The van der Waals surface area contributed by atoms with Crippen LogP contribution in [0.2, 0.25) is 5.02 Å². The Kier molecular flexibility index (Phi) is 5.12. The van der Waals surface area contributed by atoms with E-state index in [9.17, 15) is 0 Å². The maximum absolute atomic E-state index is 6.33. The van der Waals surface area contributed by atoms with Crippen molar-refractivity contribution in [2.75, 3.05) is 18.5 Å². The van der Waals surface area contributed by atoms with Crippen LogP contribution in [-0.4, -0.2) is 19.6 Å². The zero-order valence-corrected chi connectivity index (χ0v) is 12.8. The van der Waals surface area contributed by atoms with E-state index in [1.807, 2.05) is 0 Å². The molecule has 0 heterocycles. The van der Waals surface area contributed by atoms with Crippen molar-refractivity contribution in [2.24, 2.45) is 11.7 Å². The fourth-order valence-electron chi connectivity index (χ4n) is 2.95. The Morgan fingerprint density at radius 2 is 1.95 bits per heavy atom. The van der Waals surface area contributed by atoms with E-state index in [1.54, 1.807) is 0 Å². The molecule has 2 N–H and O–H groups in total. The van der Waals surface area contributed by atoms with Gasteiger partial charge in [0, 0.05) is 23.8 Å². The van der Waals surface area contributed by atoms with Gasteiger partial charge in [-0.15, -0.1) is 0 Å². The summed E-state index contributed by atoms with van der Waals surface area (Å²) in [5.74, 6) is 0.889. The van der Waals surface area contributed by atoms with Crippen LogP contribution in [0, 0.1) is 5.92 Å². The molecule has 1 saturated carbocycles. The summed E-state index contributed by atoms with van der Waals surface area (Å²) in [4.78, 5) is 2.39. The minimum Gasteiger partial charge on any atom is -0.372 e. The van der Waals surface area contributed by atoms with Crippen LogP contribution in [-0.2, 0) is 6.42 Å². The number of anilines is 1. The van der Waals surface area contributed by atoms with Crippen molar-refractivity contribution in [3.05, 3.63) is 28.8 Å². The molecular weight excluding hydrogens is 256 g/mol. The SMILES string of the molecule is CC1CCC(N(C)c2ccc(CCN)c(Cl)c2)CC1. The zero-order valence-electron chi connectivity index (χ0n) is 12.0. The highest BCUT2D eigenvalue weighted by Gasteiger charge is 2.22. The van der Waals surface area contributed by atoms with Crippen LogP contribution >= 0.6 is 11.6 Å². The first kappa shape index (κ1) is 14.7. The largest absolute Gasteiger partial charge is 0.372 e. The third kappa shape index (κ3) is 3.64. The van der Waals surface area contributed by atoms with Crippen molar-refractivity contribution in [1.82, 2.24) is 0 Å². The van der Waals surface area contributed by atoms with Gasteiger partial charge in [0.15, 0.2) is 0 Å². The minimum absolute atomic E-state index is 0.648. The summed E-state index contributed by atoms with van der Waals surface area (Å²) in [5.41, 5.74) is 7.97. The molecule has 1 fully saturated rings. The molecule has 0 atom stereocenters. The molecule has 2 nitrogen and oxygen atoms in total. The lowest BCUT2D eigenvalue weighted by Gasteiger charge is -2.35. The van der Waals surface area contributed by atoms with Crippen LogP contribution in [0.4, 0.5) is 5.69 Å². The Balaban J connectivity index is 2.06. The van der Waals surface area contributed by atoms with E-state index in [-0.39, 0.29) is 0 Å². The number of halogens is 1. The number of hydrogen-bond donors (Lipinski definition) is 1. The van der Waals surface area contributed by atoms with Crippen LogP contribution in [0.5, 0.6) is 0 Å². The third-order valence-corrected chi connectivity index (χ3v) is 4.74. The van der Waals surface area contributed by atoms with Crippen molar-refractivity contribution in [3.8, 4) is 0 Å². The maximum atomic E-state index is 6.33. The van der Waals surface area contributed by atoms with Crippen LogP contribution in [0.1, 0.15) is 38.2 Å². The van der Waals surface area contributed by atoms with Crippen LogP contribution in [0.15, 0.2) is 18.2 Å². The monoisotopic (exact) mass is 280 g/mol. The summed E-state index contributed by atoms with van der Waals surface area (Å²) < 4.78 is 0. The van der Waals surface area contributed by atoms with Gasteiger partial charge in [-0.2, -0.15) is 0 Å². The van der Waals surface area contributed by atoms with Crippen LogP contribution in [0.3, 0.4) is 0 Å². The van der Waals surface area contributed by atoms with Gasteiger partial charge < -0.3 is 10.6 Å². The number of nitrogens with zero attached hydrogens (tertiary/aromatic N) is 1. The smallest absolute Gasteiger partial charge is 0.0459 e. The molecule has 0 radical (unpaired) electrons. The van der Waals surface area contributed by atoms with E-state index < -0.39 is 0 Å². The molecule has 0 amide bonds. The molecule has 1 aromatic carbocycles. The molecule has 1 aromatic rings. The third-order valence-electron chi connectivity index (χ3n) is 4.39. The van der Waals surface area contributed by atoms with E-state index in [0.29, 0.717) is 12.6 Å². The molecule has 1 aliphatic carbocycles. The molecule has 0 unspecified atom stereocenters.